The third-order valence-electron chi connectivity index (χ3n) is 2.20. The molecule has 0 spiro atoms. The summed E-state index contributed by atoms with van der Waals surface area (Å²) in [6.45, 7) is 2.49. The monoisotopic (exact) mass is 281 g/mol. The van der Waals surface area contributed by atoms with Crippen LogP contribution in [0.1, 0.15) is 11.3 Å². The first kappa shape index (κ1) is 13.3. The maximum absolute atomic E-state index is 5.66. The molecule has 2 heterocycles. The molecule has 2 aromatic rings. The van der Waals surface area contributed by atoms with Gasteiger partial charge in [-0.25, -0.2) is 4.98 Å². The summed E-state index contributed by atoms with van der Waals surface area (Å²) in [7, 11) is 3.90. The highest BCUT2D eigenvalue weighted by Gasteiger charge is 2.09. The first-order valence-electron chi connectivity index (χ1n) is 5.45. The molecule has 5 nitrogen and oxygen atoms in total. The van der Waals surface area contributed by atoms with Crippen LogP contribution in [0.4, 0.5) is 5.13 Å². The SMILES string of the molecule is Cc1cc(CN)cc(Sc2nnc(N(C)C)s2)n1. The maximum Gasteiger partial charge on any atom is 0.208 e. The Labute approximate surface area is 114 Å². The minimum Gasteiger partial charge on any atom is -0.353 e. The lowest BCUT2D eigenvalue weighted by Gasteiger charge is -2.04. The van der Waals surface area contributed by atoms with Gasteiger partial charge in [0.2, 0.25) is 5.13 Å². The fourth-order valence-corrected chi connectivity index (χ4v) is 3.20. The van der Waals surface area contributed by atoms with E-state index in [9.17, 15) is 0 Å². The number of anilines is 1. The molecule has 0 aliphatic rings. The molecule has 0 aromatic carbocycles. The van der Waals surface area contributed by atoms with Crippen molar-refractivity contribution >= 4 is 28.2 Å². The van der Waals surface area contributed by atoms with Gasteiger partial charge < -0.3 is 10.6 Å². The van der Waals surface area contributed by atoms with Crippen LogP contribution in [0.5, 0.6) is 0 Å². The van der Waals surface area contributed by atoms with Gasteiger partial charge in [0.15, 0.2) is 4.34 Å². The van der Waals surface area contributed by atoms with Gasteiger partial charge in [0.1, 0.15) is 5.03 Å². The van der Waals surface area contributed by atoms with Crippen molar-refractivity contribution in [1.29, 1.82) is 0 Å². The molecule has 0 fully saturated rings. The van der Waals surface area contributed by atoms with Gasteiger partial charge in [-0.05, 0) is 36.4 Å². The molecule has 18 heavy (non-hydrogen) atoms. The van der Waals surface area contributed by atoms with E-state index < -0.39 is 0 Å². The van der Waals surface area contributed by atoms with E-state index in [4.69, 9.17) is 5.73 Å². The lowest BCUT2D eigenvalue weighted by molar-refractivity contribution is 0.962. The molecular formula is C11H15N5S2. The van der Waals surface area contributed by atoms with Crippen molar-refractivity contribution in [3.05, 3.63) is 23.4 Å². The van der Waals surface area contributed by atoms with E-state index in [1.54, 1.807) is 11.3 Å². The normalized spacial score (nSPS) is 10.7. The van der Waals surface area contributed by atoms with Crippen molar-refractivity contribution in [3.63, 3.8) is 0 Å². The first-order valence-corrected chi connectivity index (χ1v) is 7.08. The van der Waals surface area contributed by atoms with Crippen molar-refractivity contribution < 1.29 is 0 Å². The number of pyridine rings is 1. The van der Waals surface area contributed by atoms with E-state index in [0.29, 0.717) is 6.54 Å². The fraction of sp³-hybridized carbons (Fsp3) is 0.364. The molecule has 0 saturated carbocycles. The molecule has 7 heteroatoms. The van der Waals surface area contributed by atoms with Gasteiger partial charge in [0, 0.05) is 26.3 Å². The number of nitrogens with two attached hydrogens (primary N) is 1. The summed E-state index contributed by atoms with van der Waals surface area (Å²) in [4.78, 5) is 6.41. The van der Waals surface area contributed by atoms with Gasteiger partial charge in [-0.3, -0.25) is 0 Å². The maximum atomic E-state index is 5.66. The molecule has 0 aliphatic heterocycles. The fourth-order valence-electron chi connectivity index (χ4n) is 1.39. The molecule has 0 amide bonds. The molecular weight excluding hydrogens is 266 g/mol. The van der Waals surface area contributed by atoms with Crippen molar-refractivity contribution in [3.8, 4) is 0 Å². The summed E-state index contributed by atoms with van der Waals surface area (Å²) in [6, 6.07) is 3.99. The zero-order valence-corrected chi connectivity index (χ0v) is 12.2. The number of hydrogen-bond donors (Lipinski definition) is 1. The van der Waals surface area contributed by atoms with Gasteiger partial charge in [-0.1, -0.05) is 11.3 Å². The van der Waals surface area contributed by atoms with Gasteiger partial charge in [-0.15, -0.1) is 10.2 Å². The van der Waals surface area contributed by atoms with Crippen LogP contribution in [0.3, 0.4) is 0 Å². The number of nitrogens with zero attached hydrogens (tertiary/aromatic N) is 4. The minimum atomic E-state index is 0.524. The Morgan fingerprint density at radius 1 is 1.33 bits per heavy atom. The van der Waals surface area contributed by atoms with Crippen molar-refractivity contribution in [1.82, 2.24) is 15.2 Å². The number of rotatable bonds is 4. The van der Waals surface area contributed by atoms with Crippen LogP contribution in [0.25, 0.3) is 0 Å². The minimum absolute atomic E-state index is 0.524. The first-order chi connectivity index (χ1) is 8.58. The van der Waals surface area contributed by atoms with Crippen LogP contribution >= 0.6 is 23.1 Å². The summed E-state index contributed by atoms with van der Waals surface area (Å²) < 4.78 is 0.889. The van der Waals surface area contributed by atoms with Crippen LogP contribution in [0.15, 0.2) is 21.5 Å². The summed E-state index contributed by atoms with van der Waals surface area (Å²) in [5.74, 6) is 0. The molecule has 2 rings (SSSR count). The van der Waals surface area contributed by atoms with Crippen LogP contribution in [0, 0.1) is 6.92 Å². The Morgan fingerprint density at radius 2 is 2.11 bits per heavy atom. The molecule has 0 bridgehead atoms. The zero-order valence-electron chi connectivity index (χ0n) is 10.5. The van der Waals surface area contributed by atoms with E-state index >= 15 is 0 Å². The molecule has 2 N–H and O–H groups in total. The quantitative estimate of drug-likeness (QED) is 0.923. The topological polar surface area (TPSA) is 67.9 Å². The molecule has 0 radical (unpaired) electrons. The zero-order chi connectivity index (χ0) is 13.1. The Morgan fingerprint density at radius 3 is 2.72 bits per heavy atom. The third-order valence-corrected chi connectivity index (χ3v) is 4.26. The standard InChI is InChI=1S/C11H15N5S2/c1-7-4-8(6-12)5-9(13-7)17-11-15-14-10(18-11)16(2)3/h4-5H,6,12H2,1-3H3. The van der Waals surface area contributed by atoms with E-state index in [1.165, 1.54) is 11.8 Å². The van der Waals surface area contributed by atoms with Gasteiger partial charge in [0.05, 0.1) is 0 Å². The Hall–Kier alpha value is -1.18. The lowest BCUT2D eigenvalue weighted by atomic mass is 10.2. The summed E-state index contributed by atoms with van der Waals surface area (Å²) in [5, 5.41) is 10.0. The summed E-state index contributed by atoms with van der Waals surface area (Å²) in [6.07, 6.45) is 0. The highest BCUT2D eigenvalue weighted by Crippen LogP contribution is 2.32. The van der Waals surface area contributed by atoms with E-state index in [-0.39, 0.29) is 0 Å². The van der Waals surface area contributed by atoms with Crippen molar-refractivity contribution in [2.24, 2.45) is 5.73 Å². The second-order valence-electron chi connectivity index (χ2n) is 4.01. The predicted octanol–water partition coefficient (Wildman–Crippen LogP) is 1.92. The second-order valence-corrected chi connectivity index (χ2v) is 6.23. The Bertz CT molecular complexity index is 538. The van der Waals surface area contributed by atoms with E-state index in [2.05, 4.69) is 15.2 Å². The van der Waals surface area contributed by atoms with Crippen LogP contribution in [0.2, 0.25) is 0 Å². The van der Waals surface area contributed by atoms with Crippen LogP contribution in [-0.4, -0.2) is 29.3 Å². The number of hydrogen-bond acceptors (Lipinski definition) is 7. The predicted molar refractivity (Wildman–Crippen MR) is 75.2 cm³/mol. The Balaban J connectivity index is 2.19. The van der Waals surface area contributed by atoms with Gasteiger partial charge in [0.25, 0.3) is 0 Å². The van der Waals surface area contributed by atoms with Gasteiger partial charge >= 0.3 is 0 Å². The Kier molecular flexibility index (Phi) is 4.15. The number of aromatic nitrogens is 3. The highest BCUT2D eigenvalue weighted by atomic mass is 32.2. The van der Waals surface area contributed by atoms with Crippen LogP contribution in [-0.2, 0) is 6.54 Å². The molecule has 0 aliphatic carbocycles. The smallest absolute Gasteiger partial charge is 0.208 e. The van der Waals surface area contributed by atoms with E-state index in [0.717, 1.165) is 25.8 Å². The molecule has 0 unspecified atom stereocenters. The van der Waals surface area contributed by atoms with E-state index in [1.807, 2.05) is 38.1 Å². The molecule has 96 valence electrons. The van der Waals surface area contributed by atoms with Crippen molar-refractivity contribution in [2.75, 3.05) is 19.0 Å². The second kappa shape index (κ2) is 5.64. The summed E-state index contributed by atoms with van der Waals surface area (Å²) in [5.41, 5.74) is 7.71. The molecule has 2 aromatic heterocycles. The van der Waals surface area contributed by atoms with Crippen LogP contribution < -0.4 is 10.6 Å². The van der Waals surface area contributed by atoms with Crippen molar-refractivity contribution in [2.45, 2.75) is 22.8 Å². The average Bonchev–Trinajstić information content (AvgIpc) is 2.76. The summed E-state index contributed by atoms with van der Waals surface area (Å²) >= 11 is 3.07. The third kappa shape index (κ3) is 3.18. The number of aryl methyl sites for hydroxylation is 1. The average molecular weight is 281 g/mol. The highest BCUT2D eigenvalue weighted by molar-refractivity contribution is 8.01. The lowest BCUT2D eigenvalue weighted by Crippen LogP contribution is -2.07. The van der Waals surface area contributed by atoms with Gasteiger partial charge in [-0.2, -0.15) is 0 Å². The largest absolute Gasteiger partial charge is 0.353 e. The molecule has 0 saturated heterocycles. The molecule has 0 atom stereocenters.